The van der Waals surface area contributed by atoms with Crippen LogP contribution in [0.2, 0.25) is 0 Å². The van der Waals surface area contributed by atoms with E-state index in [1.807, 2.05) is 6.92 Å². The average molecular weight is 186 g/mol. The number of aliphatic hydroxyl groups is 2. The first-order valence-corrected chi connectivity index (χ1v) is 5.25. The van der Waals surface area contributed by atoms with Crippen molar-refractivity contribution in [1.29, 1.82) is 0 Å². The molecule has 13 heavy (non-hydrogen) atoms. The smallest absolute Gasteiger partial charge is 0.0576 e. The Bertz CT molecular complexity index is 165. The predicted octanol–water partition coefficient (Wildman–Crippen LogP) is 1.80. The van der Waals surface area contributed by atoms with Gasteiger partial charge in [-0.05, 0) is 36.5 Å². The van der Waals surface area contributed by atoms with Gasteiger partial charge in [0.25, 0.3) is 0 Å². The number of rotatable bonds is 2. The summed E-state index contributed by atoms with van der Waals surface area (Å²) in [5, 5.41) is 18.9. The highest BCUT2D eigenvalue weighted by Gasteiger charge is 2.35. The molecule has 0 aromatic carbocycles. The molecule has 0 spiro atoms. The van der Waals surface area contributed by atoms with Crippen molar-refractivity contribution in [2.45, 2.75) is 46.1 Å². The lowest BCUT2D eigenvalue weighted by molar-refractivity contribution is -0.0175. The normalized spacial score (nSPS) is 35.8. The van der Waals surface area contributed by atoms with Gasteiger partial charge in [0.1, 0.15) is 0 Å². The maximum atomic E-state index is 9.89. The number of hydrogen-bond donors (Lipinski definition) is 2. The molecule has 0 radical (unpaired) electrons. The van der Waals surface area contributed by atoms with E-state index < -0.39 is 0 Å². The van der Waals surface area contributed by atoms with E-state index >= 15 is 0 Å². The van der Waals surface area contributed by atoms with E-state index in [9.17, 15) is 5.11 Å². The average Bonchev–Trinajstić information content (AvgIpc) is 2.01. The van der Waals surface area contributed by atoms with Gasteiger partial charge < -0.3 is 10.2 Å². The highest BCUT2D eigenvalue weighted by atomic mass is 16.3. The topological polar surface area (TPSA) is 40.5 Å². The van der Waals surface area contributed by atoms with Gasteiger partial charge in [-0.2, -0.15) is 0 Å². The van der Waals surface area contributed by atoms with Crippen molar-refractivity contribution in [1.82, 2.24) is 0 Å². The van der Waals surface area contributed by atoms with Crippen molar-refractivity contribution < 1.29 is 10.2 Å². The lowest BCUT2D eigenvalue weighted by Gasteiger charge is -2.40. The van der Waals surface area contributed by atoms with Gasteiger partial charge in [0.2, 0.25) is 0 Å². The van der Waals surface area contributed by atoms with Gasteiger partial charge in [-0.25, -0.2) is 0 Å². The van der Waals surface area contributed by atoms with E-state index in [1.54, 1.807) is 0 Å². The first-order valence-electron chi connectivity index (χ1n) is 5.25. The third-order valence-electron chi connectivity index (χ3n) is 3.43. The summed E-state index contributed by atoms with van der Waals surface area (Å²) in [5.41, 5.74) is 0.283. The highest BCUT2D eigenvalue weighted by molar-refractivity contribution is 4.86. The van der Waals surface area contributed by atoms with Crippen LogP contribution in [-0.2, 0) is 0 Å². The Kier molecular flexibility index (Phi) is 3.36. The van der Waals surface area contributed by atoms with Crippen molar-refractivity contribution >= 4 is 0 Å². The fraction of sp³-hybridized carbons (Fsp3) is 1.00. The molecule has 0 heterocycles. The third-order valence-corrected chi connectivity index (χ3v) is 3.43. The van der Waals surface area contributed by atoms with Crippen LogP contribution in [0.5, 0.6) is 0 Å². The molecule has 0 saturated heterocycles. The van der Waals surface area contributed by atoms with Gasteiger partial charge in [0.05, 0.1) is 6.10 Å². The lowest BCUT2D eigenvalue weighted by atomic mass is 9.68. The van der Waals surface area contributed by atoms with Crippen molar-refractivity contribution in [3.05, 3.63) is 0 Å². The van der Waals surface area contributed by atoms with E-state index in [-0.39, 0.29) is 24.0 Å². The molecule has 78 valence electrons. The van der Waals surface area contributed by atoms with E-state index in [2.05, 4.69) is 13.8 Å². The minimum atomic E-state index is -0.217. The quantitative estimate of drug-likeness (QED) is 0.690. The largest absolute Gasteiger partial charge is 0.396 e. The second-order valence-corrected chi connectivity index (χ2v) is 5.30. The molecule has 0 aromatic heterocycles. The summed E-state index contributed by atoms with van der Waals surface area (Å²) in [6.45, 7) is 6.63. The number of hydrogen-bond acceptors (Lipinski definition) is 2. The predicted molar refractivity (Wildman–Crippen MR) is 53.4 cm³/mol. The van der Waals surface area contributed by atoms with Crippen LogP contribution in [0.3, 0.4) is 0 Å². The van der Waals surface area contributed by atoms with Crippen LogP contribution in [0.15, 0.2) is 0 Å². The van der Waals surface area contributed by atoms with E-state index in [0.29, 0.717) is 5.92 Å². The van der Waals surface area contributed by atoms with Crippen LogP contribution in [0.25, 0.3) is 0 Å². The summed E-state index contributed by atoms with van der Waals surface area (Å²) in [5.74, 6) is 0.545. The van der Waals surface area contributed by atoms with E-state index in [4.69, 9.17) is 5.11 Å². The summed E-state index contributed by atoms with van der Waals surface area (Å²) < 4.78 is 0. The maximum absolute atomic E-state index is 9.89. The monoisotopic (exact) mass is 186 g/mol. The Morgan fingerprint density at radius 1 is 1.46 bits per heavy atom. The van der Waals surface area contributed by atoms with Gasteiger partial charge in [-0.3, -0.25) is 0 Å². The summed E-state index contributed by atoms with van der Waals surface area (Å²) in [6.07, 6.45) is 2.88. The number of aliphatic hydroxyl groups excluding tert-OH is 2. The van der Waals surface area contributed by atoms with Crippen LogP contribution in [0, 0.1) is 17.3 Å². The molecule has 3 atom stereocenters. The minimum Gasteiger partial charge on any atom is -0.396 e. The Labute approximate surface area is 81.0 Å². The van der Waals surface area contributed by atoms with Crippen molar-refractivity contribution in [2.75, 3.05) is 6.61 Å². The Hall–Kier alpha value is -0.0800. The molecule has 2 nitrogen and oxygen atoms in total. The fourth-order valence-corrected chi connectivity index (χ4v) is 2.37. The molecule has 1 rings (SSSR count). The van der Waals surface area contributed by atoms with Crippen LogP contribution in [0.1, 0.15) is 40.0 Å². The zero-order valence-corrected chi connectivity index (χ0v) is 8.95. The van der Waals surface area contributed by atoms with Crippen molar-refractivity contribution in [2.24, 2.45) is 17.3 Å². The van der Waals surface area contributed by atoms with Crippen molar-refractivity contribution in [3.8, 4) is 0 Å². The van der Waals surface area contributed by atoms with Gasteiger partial charge in [0, 0.05) is 6.61 Å². The molecule has 2 heteroatoms. The maximum Gasteiger partial charge on any atom is 0.0576 e. The second kappa shape index (κ2) is 3.97. The molecule has 2 N–H and O–H groups in total. The zero-order chi connectivity index (χ0) is 10.1. The zero-order valence-electron chi connectivity index (χ0n) is 8.95. The fourth-order valence-electron chi connectivity index (χ4n) is 2.37. The van der Waals surface area contributed by atoms with Gasteiger partial charge in [0.15, 0.2) is 0 Å². The van der Waals surface area contributed by atoms with Gasteiger partial charge in [-0.1, -0.05) is 20.8 Å². The standard InChI is InChI=1S/C11H22O2/c1-8(7-12)9-4-5-11(2,3)6-10(9)13/h8-10,12-13H,4-7H2,1-3H3. The summed E-state index contributed by atoms with van der Waals surface area (Å²) in [7, 11) is 0. The first kappa shape index (κ1) is 11.0. The molecule has 0 amide bonds. The lowest BCUT2D eigenvalue weighted by Crippen LogP contribution is -2.37. The molecule has 1 saturated carbocycles. The van der Waals surface area contributed by atoms with Crippen LogP contribution >= 0.6 is 0 Å². The summed E-state index contributed by atoms with van der Waals surface area (Å²) >= 11 is 0. The SMILES string of the molecule is CC(CO)C1CCC(C)(C)CC1O. The highest BCUT2D eigenvalue weighted by Crippen LogP contribution is 2.40. The molecular weight excluding hydrogens is 164 g/mol. The molecule has 1 fully saturated rings. The second-order valence-electron chi connectivity index (χ2n) is 5.30. The molecule has 3 unspecified atom stereocenters. The van der Waals surface area contributed by atoms with Gasteiger partial charge in [-0.15, -0.1) is 0 Å². The first-order chi connectivity index (χ1) is 5.96. The molecule has 1 aliphatic rings. The Morgan fingerprint density at radius 3 is 2.54 bits per heavy atom. The van der Waals surface area contributed by atoms with Gasteiger partial charge >= 0.3 is 0 Å². The molecule has 0 aliphatic heterocycles. The Morgan fingerprint density at radius 2 is 2.08 bits per heavy atom. The molecule has 0 aromatic rings. The van der Waals surface area contributed by atoms with E-state index in [0.717, 1.165) is 12.8 Å². The summed E-state index contributed by atoms with van der Waals surface area (Å²) in [6, 6.07) is 0. The van der Waals surface area contributed by atoms with E-state index in [1.165, 1.54) is 6.42 Å². The molecule has 1 aliphatic carbocycles. The van der Waals surface area contributed by atoms with Crippen LogP contribution in [-0.4, -0.2) is 22.9 Å². The molecular formula is C11H22O2. The van der Waals surface area contributed by atoms with Crippen molar-refractivity contribution in [3.63, 3.8) is 0 Å². The summed E-state index contributed by atoms with van der Waals surface area (Å²) in [4.78, 5) is 0. The van der Waals surface area contributed by atoms with Crippen LogP contribution in [0.4, 0.5) is 0 Å². The van der Waals surface area contributed by atoms with Crippen LogP contribution < -0.4 is 0 Å². The minimum absolute atomic E-state index is 0.197. The molecule has 0 bridgehead atoms. The Balaban J connectivity index is 2.53. The third kappa shape index (κ3) is 2.68.